The molecule has 1 heterocycles. The van der Waals surface area contributed by atoms with E-state index in [1.807, 2.05) is 13.1 Å². The van der Waals surface area contributed by atoms with Gasteiger partial charge in [-0.3, -0.25) is 0 Å². The Bertz CT molecular complexity index is 493. The Labute approximate surface area is 103 Å². The zero-order valence-electron chi connectivity index (χ0n) is 9.37. The fourth-order valence-electron chi connectivity index (χ4n) is 1.75. The molecule has 0 radical (unpaired) electrons. The molecule has 0 spiro atoms. The number of aromatic nitrogens is 1. The van der Waals surface area contributed by atoms with Crippen LogP contribution in [0.4, 0.5) is 0 Å². The van der Waals surface area contributed by atoms with Gasteiger partial charge >= 0.3 is 0 Å². The largest absolute Gasteiger partial charge is 0.359 e. The van der Waals surface area contributed by atoms with Crippen molar-refractivity contribution in [1.82, 2.24) is 4.57 Å². The van der Waals surface area contributed by atoms with Crippen LogP contribution in [0.25, 0.3) is 10.9 Å². The molecule has 0 fully saturated rings. The van der Waals surface area contributed by atoms with E-state index in [9.17, 15) is 0 Å². The number of ether oxygens (including phenoxy) is 2. The summed E-state index contributed by atoms with van der Waals surface area (Å²) in [6.45, 7) is 0.891. The summed E-state index contributed by atoms with van der Waals surface area (Å²) in [6, 6.07) is 8.38. The van der Waals surface area contributed by atoms with E-state index in [1.165, 1.54) is 10.9 Å². The van der Waals surface area contributed by atoms with Gasteiger partial charge in [0.15, 0.2) is 0 Å². The summed E-state index contributed by atoms with van der Waals surface area (Å²) in [6.07, 6.45) is 0. The van der Waals surface area contributed by atoms with Gasteiger partial charge in [0.05, 0.1) is 6.61 Å². The normalized spacial score (nSPS) is 11.2. The van der Waals surface area contributed by atoms with Crippen LogP contribution >= 0.6 is 15.9 Å². The van der Waals surface area contributed by atoms with Crippen LogP contribution in [0.3, 0.4) is 0 Å². The summed E-state index contributed by atoms with van der Waals surface area (Å²) < 4.78 is 13.4. The molecule has 4 heteroatoms. The van der Waals surface area contributed by atoms with Crippen LogP contribution in [-0.4, -0.2) is 18.5 Å². The fourth-order valence-corrected chi connectivity index (χ4v) is 2.12. The van der Waals surface area contributed by atoms with E-state index in [2.05, 4.69) is 38.7 Å². The van der Waals surface area contributed by atoms with Gasteiger partial charge in [-0.25, -0.2) is 0 Å². The number of hydrogen-bond acceptors (Lipinski definition) is 2. The van der Waals surface area contributed by atoms with E-state index in [-0.39, 0.29) is 0 Å². The lowest BCUT2D eigenvalue weighted by molar-refractivity contribution is -0.0406. The molecule has 0 N–H and O–H groups in total. The van der Waals surface area contributed by atoms with Gasteiger partial charge in [-0.1, -0.05) is 15.9 Å². The molecule has 0 saturated carbocycles. The molecule has 0 bridgehead atoms. The van der Waals surface area contributed by atoms with Crippen LogP contribution in [-0.2, 0) is 23.1 Å². The summed E-state index contributed by atoms with van der Waals surface area (Å²) in [5, 5.41) is 1.22. The van der Waals surface area contributed by atoms with Crippen molar-refractivity contribution in [2.75, 3.05) is 13.9 Å². The molecular weight excluding hydrogens is 270 g/mol. The zero-order chi connectivity index (χ0) is 11.5. The summed E-state index contributed by atoms with van der Waals surface area (Å²) in [4.78, 5) is 0. The topological polar surface area (TPSA) is 23.4 Å². The Morgan fingerprint density at radius 1 is 1.31 bits per heavy atom. The number of methoxy groups -OCH3 is 1. The molecule has 2 aromatic rings. The van der Waals surface area contributed by atoms with Crippen molar-refractivity contribution in [2.24, 2.45) is 7.05 Å². The number of hydrogen-bond donors (Lipinski definition) is 0. The summed E-state index contributed by atoms with van der Waals surface area (Å²) in [5.74, 6) is 0. The summed E-state index contributed by atoms with van der Waals surface area (Å²) in [7, 11) is 3.67. The average Bonchev–Trinajstić information content (AvgIpc) is 2.56. The van der Waals surface area contributed by atoms with Gasteiger partial charge in [0, 0.05) is 35.2 Å². The molecule has 86 valence electrons. The molecular formula is C12H14BrNO2. The Morgan fingerprint density at radius 3 is 2.88 bits per heavy atom. The van der Waals surface area contributed by atoms with Crippen LogP contribution in [0, 0.1) is 0 Å². The second-order valence-corrected chi connectivity index (χ2v) is 4.57. The highest BCUT2D eigenvalue weighted by atomic mass is 79.9. The molecule has 0 aliphatic rings. The Hall–Kier alpha value is -0.840. The van der Waals surface area contributed by atoms with Gasteiger partial charge in [0.2, 0.25) is 0 Å². The average molecular weight is 284 g/mol. The van der Waals surface area contributed by atoms with Gasteiger partial charge in [-0.2, -0.15) is 0 Å². The first-order valence-corrected chi connectivity index (χ1v) is 5.82. The first kappa shape index (κ1) is 11.6. The molecule has 2 rings (SSSR count). The SMILES string of the molecule is COCOCc1cc2cc(Br)ccc2n1C. The van der Waals surface area contributed by atoms with Crippen molar-refractivity contribution < 1.29 is 9.47 Å². The van der Waals surface area contributed by atoms with Crippen LogP contribution < -0.4 is 0 Å². The standard InChI is InChI=1S/C12H14BrNO2/c1-14-11(7-16-8-15-2)6-9-5-10(13)3-4-12(9)14/h3-6H,7-8H2,1-2H3. The lowest BCUT2D eigenvalue weighted by atomic mass is 10.2. The Balaban J connectivity index is 2.29. The lowest BCUT2D eigenvalue weighted by Gasteiger charge is -2.04. The third kappa shape index (κ3) is 2.29. The van der Waals surface area contributed by atoms with Crippen molar-refractivity contribution in [1.29, 1.82) is 0 Å². The minimum Gasteiger partial charge on any atom is -0.359 e. The van der Waals surface area contributed by atoms with Crippen molar-refractivity contribution >= 4 is 26.8 Å². The quantitative estimate of drug-likeness (QED) is 0.636. The molecule has 0 atom stereocenters. The van der Waals surface area contributed by atoms with Gasteiger partial charge in [0.25, 0.3) is 0 Å². The smallest absolute Gasteiger partial charge is 0.146 e. The van der Waals surface area contributed by atoms with Gasteiger partial charge < -0.3 is 14.0 Å². The maximum atomic E-state index is 5.35. The molecule has 3 nitrogen and oxygen atoms in total. The van der Waals surface area contributed by atoms with Gasteiger partial charge in [0.1, 0.15) is 6.79 Å². The molecule has 1 aromatic carbocycles. The minimum absolute atomic E-state index is 0.325. The van der Waals surface area contributed by atoms with Crippen LogP contribution in [0.2, 0.25) is 0 Å². The highest BCUT2D eigenvalue weighted by molar-refractivity contribution is 9.10. The molecule has 0 amide bonds. The number of rotatable bonds is 4. The molecule has 0 aliphatic carbocycles. The van der Waals surface area contributed by atoms with E-state index in [1.54, 1.807) is 7.11 Å². The van der Waals surface area contributed by atoms with E-state index in [4.69, 9.17) is 9.47 Å². The Kier molecular flexibility index (Phi) is 3.63. The maximum absolute atomic E-state index is 5.35. The van der Waals surface area contributed by atoms with Crippen LogP contribution in [0.15, 0.2) is 28.7 Å². The molecule has 0 unspecified atom stereocenters. The number of fused-ring (bicyclic) bond motifs is 1. The molecule has 0 saturated heterocycles. The minimum atomic E-state index is 0.325. The van der Waals surface area contributed by atoms with Crippen LogP contribution in [0.5, 0.6) is 0 Å². The van der Waals surface area contributed by atoms with E-state index in [0.717, 1.165) is 10.2 Å². The second kappa shape index (κ2) is 4.99. The number of benzene rings is 1. The summed E-state index contributed by atoms with van der Waals surface area (Å²) >= 11 is 3.47. The predicted molar refractivity (Wildman–Crippen MR) is 67.3 cm³/mol. The predicted octanol–water partition coefficient (Wildman–Crippen LogP) is 3.06. The number of nitrogens with zero attached hydrogens (tertiary/aromatic N) is 1. The van der Waals surface area contributed by atoms with Crippen molar-refractivity contribution in [2.45, 2.75) is 6.61 Å². The molecule has 16 heavy (non-hydrogen) atoms. The van der Waals surface area contributed by atoms with Crippen molar-refractivity contribution in [3.8, 4) is 0 Å². The Morgan fingerprint density at radius 2 is 2.12 bits per heavy atom. The van der Waals surface area contributed by atoms with E-state index >= 15 is 0 Å². The summed E-state index contributed by atoms with van der Waals surface area (Å²) in [5.41, 5.74) is 2.35. The van der Waals surface area contributed by atoms with E-state index < -0.39 is 0 Å². The first-order chi connectivity index (χ1) is 7.72. The first-order valence-electron chi connectivity index (χ1n) is 5.03. The second-order valence-electron chi connectivity index (χ2n) is 3.65. The highest BCUT2D eigenvalue weighted by Crippen LogP contribution is 2.23. The van der Waals surface area contributed by atoms with Crippen LogP contribution in [0.1, 0.15) is 5.69 Å². The number of aryl methyl sites for hydroxylation is 1. The number of halogens is 1. The van der Waals surface area contributed by atoms with Crippen molar-refractivity contribution in [3.05, 3.63) is 34.4 Å². The fraction of sp³-hybridized carbons (Fsp3) is 0.333. The maximum Gasteiger partial charge on any atom is 0.146 e. The molecule has 1 aromatic heterocycles. The third-order valence-corrected chi connectivity index (χ3v) is 3.05. The zero-order valence-corrected chi connectivity index (χ0v) is 11.0. The van der Waals surface area contributed by atoms with Crippen molar-refractivity contribution in [3.63, 3.8) is 0 Å². The highest BCUT2D eigenvalue weighted by Gasteiger charge is 2.05. The lowest BCUT2D eigenvalue weighted by Crippen LogP contribution is -2.01. The van der Waals surface area contributed by atoms with E-state index in [0.29, 0.717) is 13.4 Å². The monoisotopic (exact) mass is 283 g/mol. The van der Waals surface area contributed by atoms with Gasteiger partial charge in [-0.05, 0) is 24.3 Å². The van der Waals surface area contributed by atoms with Gasteiger partial charge in [-0.15, -0.1) is 0 Å². The molecule has 0 aliphatic heterocycles. The third-order valence-electron chi connectivity index (χ3n) is 2.55.